The highest BCUT2D eigenvalue weighted by Crippen LogP contribution is 2.40. The molecule has 1 aromatic carbocycles. The molecule has 0 saturated heterocycles. The Balaban J connectivity index is 2.39. The van der Waals surface area contributed by atoms with Crippen LogP contribution >= 0.6 is 0 Å². The molecule has 0 unspecified atom stereocenters. The number of allylic oxidation sites excluding steroid dienone is 1. The Morgan fingerprint density at radius 1 is 1.25 bits per heavy atom. The van der Waals surface area contributed by atoms with Gasteiger partial charge in [-0.3, -0.25) is 0 Å². The molecule has 1 aliphatic heterocycles. The predicted octanol–water partition coefficient (Wildman–Crippen LogP) is 3.47. The highest BCUT2D eigenvalue weighted by atomic mass is 16.5. The Morgan fingerprint density at radius 2 is 2.00 bits per heavy atom. The summed E-state index contributed by atoms with van der Waals surface area (Å²) in [5.41, 5.74) is 3.80. The molecule has 1 aliphatic rings. The first kappa shape index (κ1) is 14.9. The van der Waals surface area contributed by atoms with E-state index in [-0.39, 0.29) is 12.1 Å². The van der Waals surface area contributed by atoms with Gasteiger partial charge in [0.25, 0.3) is 0 Å². The number of anilines is 1. The molecule has 0 aliphatic carbocycles. The lowest BCUT2D eigenvalue weighted by molar-refractivity contribution is 0.284. The van der Waals surface area contributed by atoms with Crippen molar-refractivity contribution < 1.29 is 9.84 Å². The van der Waals surface area contributed by atoms with Crippen LogP contribution < -0.4 is 9.64 Å². The van der Waals surface area contributed by atoms with Crippen LogP contribution in [0, 0.1) is 0 Å². The number of nitrogens with zero attached hydrogens (tertiary/aromatic N) is 1. The molecular weight excluding hydrogens is 250 g/mol. The third-order valence-corrected chi connectivity index (χ3v) is 3.98. The van der Waals surface area contributed by atoms with Gasteiger partial charge in [0.2, 0.25) is 0 Å². The Bertz CT molecular complexity index is 506. The zero-order valence-electron chi connectivity index (χ0n) is 12.9. The molecule has 3 heteroatoms. The molecule has 20 heavy (non-hydrogen) atoms. The lowest BCUT2D eigenvalue weighted by Gasteiger charge is -2.43. The summed E-state index contributed by atoms with van der Waals surface area (Å²) < 4.78 is 5.37. The summed E-state index contributed by atoms with van der Waals surface area (Å²) in [6, 6.07) is 6.27. The standard InChI is InChI=1S/C17H25NO2/c1-13-12-17(2,3)18(9-5-6-10-19)16-11-14(20-4)7-8-15(13)16/h7-8,11-12,19H,5-6,9-10H2,1-4H3. The van der Waals surface area contributed by atoms with Gasteiger partial charge in [-0.25, -0.2) is 0 Å². The molecule has 0 amide bonds. The molecule has 0 saturated carbocycles. The molecule has 0 radical (unpaired) electrons. The van der Waals surface area contributed by atoms with E-state index in [9.17, 15) is 0 Å². The smallest absolute Gasteiger partial charge is 0.120 e. The van der Waals surface area contributed by atoms with Crippen molar-refractivity contribution >= 4 is 11.3 Å². The second-order valence-corrected chi connectivity index (χ2v) is 5.95. The maximum absolute atomic E-state index is 8.99. The van der Waals surface area contributed by atoms with Crippen molar-refractivity contribution in [1.82, 2.24) is 0 Å². The molecule has 3 nitrogen and oxygen atoms in total. The van der Waals surface area contributed by atoms with Crippen LogP contribution in [-0.4, -0.2) is 30.9 Å². The summed E-state index contributed by atoms with van der Waals surface area (Å²) in [6.07, 6.45) is 4.15. The maximum atomic E-state index is 8.99. The number of methoxy groups -OCH3 is 1. The molecule has 0 bridgehead atoms. The molecule has 1 N–H and O–H groups in total. The number of aliphatic hydroxyl groups is 1. The number of benzene rings is 1. The van der Waals surface area contributed by atoms with E-state index < -0.39 is 0 Å². The first-order valence-corrected chi connectivity index (χ1v) is 7.26. The third kappa shape index (κ3) is 2.83. The van der Waals surface area contributed by atoms with Crippen LogP contribution in [0.5, 0.6) is 5.75 Å². The van der Waals surface area contributed by atoms with Crippen molar-refractivity contribution in [2.45, 2.75) is 39.2 Å². The van der Waals surface area contributed by atoms with Gasteiger partial charge in [0.1, 0.15) is 5.75 Å². The fourth-order valence-corrected chi connectivity index (χ4v) is 2.98. The Morgan fingerprint density at radius 3 is 2.65 bits per heavy atom. The van der Waals surface area contributed by atoms with Crippen LogP contribution in [0.4, 0.5) is 5.69 Å². The Labute approximate surface area is 121 Å². The second-order valence-electron chi connectivity index (χ2n) is 5.95. The van der Waals surface area contributed by atoms with Gasteiger partial charge in [0.15, 0.2) is 0 Å². The fraction of sp³-hybridized carbons (Fsp3) is 0.529. The van der Waals surface area contributed by atoms with Gasteiger partial charge in [-0.1, -0.05) is 6.08 Å². The molecule has 0 atom stereocenters. The highest BCUT2D eigenvalue weighted by Gasteiger charge is 2.30. The lowest BCUT2D eigenvalue weighted by Crippen LogP contribution is -2.45. The monoisotopic (exact) mass is 275 g/mol. The summed E-state index contributed by atoms with van der Waals surface area (Å²) in [5, 5.41) is 8.99. The number of hydrogen-bond donors (Lipinski definition) is 1. The van der Waals surface area contributed by atoms with Crippen LogP contribution in [-0.2, 0) is 0 Å². The molecule has 0 spiro atoms. The van der Waals surface area contributed by atoms with Gasteiger partial charge in [0, 0.05) is 30.5 Å². The van der Waals surface area contributed by atoms with Gasteiger partial charge < -0.3 is 14.7 Å². The minimum Gasteiger partial charge on any atom is -0.497 e. The molecular formula is C17H25NO2. The van der Waals surface area contributed by atoms with Crippen molar-refractivity contribution in [3.63, 3.8) is 0 Å². The van der Waals surface area contributed by atoms with Crippen molar-refractivity contribution in [2.75, 3.05) is 25.2 Å². The van der Waals surface area contributed by atoms with E-state index in [0.717, 1.165) is 25.1 Å². The van der Waals surface area contributed by atoms with Crippen molar-refractivity contribution in [3.8, 4) is 5.75 Å². The van der Waals surface area contributed by atoms with Crippen LogP contribution in [0.3, 0.4) is 0 Å². The molecule has 0 fully saturated rings. The van der Waals surface area contributed by atoms with E-state index >= 15 is 0 Å². The molecule has 110 valence electrons. The molecule has 2 rings (SSSR count). The predicted molar refractivity (Wildman–Crippen MR) is 84.4 cm³/mol. The van der Waals surface area contributed by atoms with E-state index in [0.29, 0.717) is 0 Å². The van der Waals surface area contributed by atoms with Crippen molar-refractivity contribution in [2.24, 2.45) is 0 Å². The summed E-state index contributed by atoms with van der Waals surface area (Å²) in [5.74, 6) is 0.890. The summed E-state index contributed by atoms with van der Waals surface area (Å²) >= 11 is 0. The van der Waals surface area contributed by atoms with E-state index in [1.54, 1.807) is 7.11 Å². The summed E-state index contributed by atoms with van der Waals surface area (Å²) in [4.78, 5) is 2.41. The van der Waals surface area contributed by atoms with Crippen LogP contribution in [0.25, 0.3) is 5.57 Å². The molecule has 1 heterocycles. The topological polar surface area (TPSA) is 32.7 Å². The largest absolute Gasteiger partial charge is 0.497 e. The van der Waals surface area contributed by atoms with Gasteiger partial charge in [0.05, 0.1) is 12.6 Å². The zero-order chi connectivity index (χ0) is 14.8. The number of unbranched alkanes of at least 4 members (excludes halogenated alkanes) is 1. The second kappa shape index (κ2) is 5.88. The van der Waals surface area contributed by atoms with Gasteiger partial charge in [-0.05, 0) is 51.3 Å². The molecule has 0 aromatic heterocycles. The first-order chi connectivity index (χ1) is 9.49. The average Bonchev–Trinajstić information content (AvgIpc) is 2.41. The number of hydrogen-bond acceptors (Lipinski definition) is 3. The molecule has 1 aromatic rings. The Kier molecular flexibility index (Phi) is 4.39. The highest BCUT2D eigenvalue weighted by molar-refractivity contribution is 5.82. The van der Waals surface area contributed by atoms with E-state index in [2.05, 4.69) is 43.9 Å². The van der Waals surface area contributed by atoms with Crippen molar-refractivity contribution in [1.29, 1.82) is 0 Å². The SMILES string of the molecule is COc1ccc2c(c1)N(CCCCO)C(C)(C)C=C2C. The van der Waals surface area contributed by atoms with E-state index in [1.165, 1.54) is 16.8 Å². The number of ether oxygens (including phenoxy) is 1. The zero-order valence-corrected chi connectivity index (χ0v) is 12.9. The average molecular weight is 275 g/mol. The first-order valence-electron chi connectivity index (χ1n) is 7.26. The number of aliphatic hydroxyl groups excluding tert-OH is 1. The quantitative estimate of drug-likeness (QED) is 0.835. The lowest BCUT2D eigenvalue weighted by atomic mass is 9.88. The van der Waals surface area contributed by atoms with Gasteiger partial charge in [-0.15, -0.1) is 0 Å². The van der Waals surface area contributed by atoms with E-state index in [4.69, 9.17) is 9.84 Å². The third-order valence-electron chi connectivity index (χ3n) is 3.98. The number of fused-ring (bicyclic) bond motifs is 1. The van der Waals surface area contributed by atoms with E-state index in [1.807, 2.05) is 6.07 Å². The van der Waals surface area contributed by atoms with Gasteiger partial charge in [-0.2, -0.15) is 0 Å². The minimum atomic E-state index is -0.0150. The number of rotatable bonds is 5. The van der Waals surface area contributed by atoms with Gasteiger partial charge >= 0.3 is 0 Å². The van der Waals surface area contributed by atoms with Crippen LogP contribution in [0.1, 0.15) is 39.2 Å². The Hall–Kier alpha value is -1.48. The van der Waals surface area contributed by atoms with Crippen LogP contribution in [0.2, 0.25) is 0 Å². The van der Waals surface area contributed by atoms with Crippen molar-refractivity contribution in [3.05, 3.63) is 29.8 Å². The minimum absolute atomic E-state index is 0.0150. The van der Waals surface area contributed by atoms with Crippen LogP contribution in [0.15, 0.2) is 24.3 Å². The normalized spacial score (nSPS) is 16.6. The maximum Gasteiger partial charge on any atom is 0.120 e. The summed E-state index contributed by atoms with van der Waals surface area (Å²) in [7, 11) is 1.70. The summed E-state index contributed by atoms with van der Waals surface area (Å²) in [6.45, 7) is 7.83. The fourth-order valence-electron chi connectivity index (χ4n) is 2.98.